The van der Waals surface area contributed by atoms with E-state index in [0.29, 0.717) is 16.4 Å². The van der Waals surface area contributed by atoms with E-state index in [1.807, 2.05) is 6.92 Å². The Kier molecular flexibility index (Phi) is 4.67. The Morgan fingerprint density at radius 1 is 1.24 bits per heavy atom. The van der Waals surface area contributed by atoms with Crippen molar-refractivity contribution in [3.63, 3.8) is 0 Å². The van der Waals surface area contributed by atoms with Gasteiger partial charge in [0, 0.05) is 0 Å². The van der Waals surface area contributed by atoms with Gasteiger partial charge in [0.25, 0.3) is 0 Å². The fourth-order valence-electron chi connectivity index (χ4n) is 1.81. The van der Waals surface area contributed by atoms with E-state index in [-0.39, 0.29) is 11.3 Å². The third-order valence-corrected chi connectivity index (χ3v) is 3.37. The van der Waals surface area contributed by atoms with Crippen LogP contribution in [0, 0.1) is 6.92 Å². The number of carbonyl (C=O) groups excluding carboxylic acids is 1. The summed E-state index contributed by atoms with van der Waals surface area (Å²) in [5, 5.41) is 13.3. The topological polar surface area (TPSA) is 67.8 Å². The van der Waals surface area contributed by atoms with Crippen molar-refractivity contribution < 1.29 is 19.7 Å². The fraction of sp³-hybridized carbons (Fsp3) is 0.133. The fourth-order valence-corrected chi connectivity index (χ4v) is 2.02. The highest BCUT2D eigenvalue weighted by atomic mass is 35.5. The molecule has 0 unspecified atom stereocenters. The number of phenolic OH excluding ortho intramolecular Hbond substituents is 1. The van der Waals surface area contributed by atoms with Gasteiger partial charge in [-0.25, -0.2) is 4.79 Å². The molecule has 0 saturated heterocycles. The highest BCUT2D eigenvalue weighted by molar-refractivity contribution is 6.34. The number of aromatic hydroxyl groups is 1. The maximum absolute atomic E-state index is 11.8. The Hall–Kier alpha value is -2.24. The van der Waals surface area contributed by atoms with Crippen molar-refractivity contribution in [1.29, 1.82) is 0 Å². The maximum Gasteiger partial charge on any atom is 0.375 e. The Balaban J connectivity index is 2.41. The van der Waals surface area contributed by atoms with E-state index in [1.165, 1.54) is 13.2 Å². The number of benzene rings is 2. The largest absolute Gasteiger partial charge is 0.506 e. The standard InChI is InChI=1S/C15H14ClNO4/c1-9-7-8-12(18)14(13(9)16)17-11-6-4-3-5-10(11)15(19)21-20-2/h3-8,17-18H,1-2H3. The molecule has 0 atom stereocenters. The molecular formula is C15H14ClNO4. The van der Waals surface area contributed by atoms with Gasteiger partial charge in [-0.3, -0.25) is 4.89 Å². The first-order chi connectivity index (χ1) is 10.0. The Morgan fingerprint density at radius 2 is 1.95 bits per heavy atom. The summed E-state index contributed by atoms with van der Waals surface area (Å²) in [6, 6.07) is 9.91. The van der Waals surface area contributed by atoms with Crippen molar-refractivity contribution in [3.05, 3.63) is 52.5 Å². The number of nitrogens with one attached hydrogen (secondary N) is 1. The molecule has 110 valence electrons. The van der Waals surface area contributed by atoms with Gasteiger partial charge < -0.3 is 10.4 Å². The monoisotopic (exact) mass is 307 g/mol. The molecule has 2 aromatic carbocycles. The molecule has 0 amide bonds. The zero-order valence-electron chi connectivity index (χ0n) is 11.5. The van der Waals surface area contributed by atoms with Crippen molar-refractivity contribution in [2.75, 3.05) is 12.4 Å². The van der Waals surface area contributed by atoms with Crippen molar-refractivity contribution >= 4 is 28.9 Å². The lowest BCUT2D eigenvalue weighted by Gasteiger charge is -2.14. The molecule has 0 aliphatic rings. The van der Waals surface area contributed by atoms with E-state index in [1.54, 1.807) is 30.3 Å². The molecule has 2 aromatic rings. The molecule has 21 heavy (non-hydrogen) atoms. The third kappa shape index (κ3) is 3.26. The first-order valence-electron chi connectivity index (χ1n) is 6.13. The number of hydrogen-bond donors (Lipinski definition) is 2. The first-order valence-corrected chi connectivity index (χ1v) is 6.51. The van der Waals surface area contributed by atoms with Crippen molar-refractivity contribution in [2.24, 2.45) is 0 Å². The summed E-state index contributed by atoms with van der Waals surface area (Å²) in [6.07, 6.45) is 0. The molecule has 0 spiro atoms. The number of hydrogen-bond acceptors (Lipinski definition) is 5. The van der Waals surface area contributed by atoms with Gasteiger partial charge in [-0.2, -0.15) is 4.89 Å². The van der Waals surface area contributed by atoms with Gasteiger partial charge in [0.15, 0.2) is 0 Å². The lowest BCUT2D eigenvalue weighted by atomic mass is 10.1. The molecule has 0 bridgehead atoms. The van der Waals surface area contributed by atoms with Gasteiger partial charge in [-0.05, 0) is 30.7 Å². The van der Waals surface area contributed by atoms with E-state index >= 15 is 0 Å². The van der Waals surface area contributed by atoms with Gasteiger partial charge in [0.2, 0.25) is 0 Å². The molecule has 5 nitrogen and oxygen atoms in total. The third-order valence-electron chi connectivity index (χ3n) is 2.88. The number of carbonyl (C=O) groups is 1. The lowest BCUT2D eigenvalue weighted by Crippen LogP contribution is -2.07. The molecule has 2 rings (SSSR count). The van der Waals surface area contributed by atoms with Crippen molar-refractivity contribution in [3.8, 4) is 5.75 Å². The number of halogens is 1. The quantitative estimate of drug-likeness (QED) is 0.510. The molecule has 6 heteroatoms. The average Bonchev–Trinajstić information content (AvgIpc) is 2.48. The Bertz CT molecular complexity index is 673. The van der Waals surface area contributed by atoms with E-state index in [0.717, 1.165) is 5.56 Å². The predicted octanol–water partition coefficient (Wildman–Crippen LogP) is 3.82. The second-order valence-electron chi connectivity index (χ2n) is 4.30. The molecule has 0 aliphatic carbocycles. The summed E-state index contributed by atoms with van der Waals surface area (Å²) >= 11 is 6.18. The lowest BCUT2D eigenvalue weighted by molar-refractivity contribution is -0.216. The Labute approximate surface area is 127 Å². The van der Waals surface area contributed by atoms with Crippen LogP contribution in [0.25, 0.3) is 0 Å². The number of aryl methyl sites for hydroxylation is 1. The molecule has 0 aromatic heterocycles. The number of rotatable bonds is 4. The zero-order valence-corrected chi connectivity index (χ0v) is 12.3. The minimum Gasteiger partial charge on any atom is -0.506 e. The van der Waals surface area contributed by atoms with Gasteiger partial charge in [0.1, 0.15) is 11.4 Å². The predicted molar refractivity (Wildman–Crippen MR) is 80.0 cm³/mol. The summed E-state index contributed by atoms with van der Waals surface area (Å²) in [7, 11) is 1.25. The number of anilines is 2. The normalized spacial score (nSPS) is 10.2. The van der Waals surface area contributed by atoms with Gasteiger partial charge in [-0.15, -0.1) is 0 Å². The molecule has 0 radical (unpaired) electrons. The van der Waals surface area contributed by atoms with E-state index in [2.05, 4.69) is 15.1 Å². The zero-order chi connectivity index (χ0) is 15.4. The highest BCUT2D eigenvalue weighted by Crippen LogP contribution is 2.37. The molecule has 0 saturated carbocycles. The maximum atomic E-state index is 11.8. The number of para-hydroxylation sites is 1. The van der Waals surface area contributed by atoms with Crippen LogP contribution in [-0.2, 0) is 9.78 Å². The average molecular weight is 308 g/mol. The van der Waals surface area contributed by atoms with Crippen LogP contribution in [-0.4, -0.2) is 18.2 Å². The minimum atomic E-state index is -0.649. The molecule has 0 fully saturated rings. The van der Waals surface area contributed by atoms with Crippen LogP contribution in [0.2, 0.25) is 5.02 Å². The van der Waals surface area contributed by atoms with E-state index < -0.39 is 5.97 Å². The smallest absolute Gasteiger partial charge is 0.375 e. The van der Waals surface area contributed by atoms with Crippen LogP contribution in [0.15, 0.2) is 36.4 Å². The van der Waals surface area contributed by atoms with Crippen LogP contribution in [0.3, 0.4) is 0 Å². The van der Waals surface area contributed by atoms with Crippen LogP contribution in [0.1, 0.15) is 15.9 Å². The highest BCUT2D eigenvalue weighted by Gasteiger charge is 2.16. The van der Waals surface area contributed by atoms with Crippen LogP contribution >= 0.6 is 11.6 Å². The summed E-state index contributed by atoms with van der Waals surface area (Å²) in [5.41, 5.74) is 1.84. The summed E-state index contributed by atoms with van der Waals surface area (Å²) in [5.74, 6) is -0.663. The SMILES string of the molecule is COOC(=O)c1ccccc1Nc1c(O)ccc(C)c1Cl. The van der Waals surface area contributed by atoms with E-state index in [9.17, 15) is 9.90 Å². The van der Waals surface area contributed by atoms with Gasteiger partial charge in [0.05, 0.1) is 23.4 Å². The summed E-state index contributed by atoms with van der Waals surface area (Å²) < 4.78 is 0. The number of phenols is 1. The van der Waals surface area contributed by atoms with Crippen molar-refractivity contribution in [1.82, 2.24) is 0 Å². The van der Waals surface area contributed by atoms with Crippen LogP contribution < -0.4 is 5.32 Å². The van der Waals surface area contributed by atoms with Gasteiger partial charge >= 0.3 is 5.97 Å². The van der Waals surface area contributed by atoms with Gasteiger partial charge in [-0.1, -0.05) is 29.8 Å². The first kappa shape index (κ1) is 15.2. The summed E-state index contributed by atoms with van der Waals surface area (Å²) in [4.78, 5) is 20.7. The van der Waals surface area contributed by atoms with Crippen LogP contribution in [0.4, 0.5) is 11.4 Å². The second kappa shape index (κ2) is 6.47. The van der Waals surface area contributed by atoms with Crippen LogP contribution in [0.5, 0.6) is 5.75 Å². The molecule has 0 aliphatic heterocycles. The van der Waals surface area contributed by atoms with Crippen molar-refractivity contribution in [2.45, 2.75) is 6.92 Å². The Morgan fingerprint density at radius 3 is 2.67 bits per heavy atom. The molecule has 2 N–H and O–H groups in total. The second-order valence-corrected chi connectivity index (χ2v) is 4.68. The molecule has 0 heterocycles. The minimum absolute atomic E-state index is 0.0134. The molecular weight excluding hydrogens is 294 g/mol. The summed E-state index contributed by atoms with van der Waals surface area (Å²) in [6.45, 7) is 1.82. The van der Waals surface area contributed by atoms with E-state index in [4.69, 9.17) is 11.6 Å².